The first-order chi connectivity index (χ1) is 18.6. The van der Waals surface area contributed by atoms with E-state index in [1.165, 1.54) is 73.8 Å². The third kappa shape index (κ3) is 5.89. The molecule has 4 rings (SSSR count). The summed E-state index contributed by atoms with van der Waals surface area (Å²) in [5.74, 6) is -2.42. The van der Waals surface area contributed by atoms with Crippen LogP contribution in [-0.2, 0) is 20.9 Å². The summed E-state index contributed by atoms with van der Waals surface area (Å²) >= 11 is 12.5. The molecule has 0 saturated carbocycles. The molecule has 13 heteroatoms. The summed E-state index contributed by atoms with van der Waals surface area (Å²) in [7, 11) is 1.21. The van der Waals surface area contributed by atoms with Crippen molar-refractivity contribution in [1.29, 1.82) is 0 Å². The lowest BCUT2D eigenvalue weighted by Crippen LogP contribution is -2.54. The van der Waals surface area contributed by atoms with Gasteiger partial charge < -0.3 is 9.47 Å². The molecule has 0 aliphatic carbocycles. The van der Waals surface area contributed by atoms with Gasteiger partial charge in [-0.3, -0.25) is 25.0 Å². The van der Waals surface area contributed by atoms with Crippen molar-refractivity contribution in [3.05, 3.63) is 103 Å². The van der Waals surface area contributed by atoms with Crippen LogP contribution in [0.15, 0.2) is 66.2 Å². The highest BCUT2D eigenvalue weighted by atomic mass is 35.5. The number of nitro groups is 1. The van der Waals surface area contributed by atoms with Gasteiger partial charge >= 0.3 is 12.0 Å². The Morgan fingerprint density at radius 2 is 1.72 bits per heavy atom. The van der Waals surface area contributed by atoms with E-state index in [0.717, 1.165) is 4.90 Å². The maximum atomic E-state index is 13.3. The second-order valence-corrected chi connectivity index (χ2v) is 8.86. The van der Waals surface area contributed by atoms with Crippen molar-refractivity contribution in [2.45, 2.75) is 6.61 Å². The van der Waals surface area contributed by atoms with Crippen LogP contribution in [0.2, 0.25) is 10.0 Å². The Morgan fingerprint density at radius 1 is 1.05 bits per heavy atom. The molecular weight excluding hydrogens is 553 g/mol. The van der Waals surface area contributed by atoms with Crippen LogP contribution in [0.25, 0.3) is 6.08 Å². The second kappa shape index (κ2) is 11.3. The number of anilines is 1. The fourth-order valence-corrected chi connectivity index (χ4v) is 4.18. The van der Waals surface area contributed by atoms with Gasteiger partial charge in [0.25, 0.3) is 17.5 Å². The molecule has 3 aromatic rings. The SMILES string of the molecule is COC(=O)c1ccc(N2C(=O)NC(=O)/C(=C\c3cc(Cl)cc(Cl)c3OCc3ccc([N+](=O)[O-])cc3)C2=O)cc1. The van der Waals surface area contributed by atoms with Crippen molar-refractivity contribution in [3.8, 4) is 5.75 Å². The second-order valence-electron chi connectivity index (χ2n) is 8.01. The number of esters is 1. The quantitative estimate of drug-likeness (QED) is 0.138. The molecule has 0 aromatic heterocycles. The van der Waals surface area contributed by atoms with Crippen molar-refractivity contribution in [2.24, 2.45) is 0 Å². The van der Waals surface area contributed by atoms with Gasteiger partial charge in [-0.1, -0.05) is 23.2 Å². The van der Waals surface area contributed by atoms with Gasteiger partial charge in [0.1, 0.15) is 17.9 Å². The molecule has 1 aliphatic heterocycles. The molecule has 11 nitrogen and oxygen atoms in total. The van der Waals surface area contributed by atoms with Gasteiger partial charge in [-0.15, -0.1) is 0 Å². The third-order valence-electron chi connectivity index (χ3n) is 5.52. The van der Waals surface area contributed by atoms with E-state index in [4.69, 9.17) is 27.9 Å². The van der Waals surface area contributed by atoms with Crippen molar-refractivity contribution < 1.29 is 33.6 Å². The predicted octanol–water partition coefficient (Wildman–Crippen LogP) is 4.93. The highest BCUT2D eigenvalue weighted by Gasteiger charge is 2.37. The number of carbonyl (C=O) groups excluding carboxylic acids is 4. The van der Waals surface area contributed by atoms with Crippen LogP contribution in [0.4, 0.5) is 16.2 Å². The lowest BCUT2D eigenvalue weighted by molar-refractivity contribution is -0.384. The highest BCUT2D eigenvalue weighted by Crippen LogP contribution is 2.35. The Labute approximate surface area is 230 Å². The molecule has 1 heterocycles. The van der Waals surface area contributed by atoms with E-state index in [9.17, 15) is 29.3 Å². The summed E-state index contributed by atoms with van der Waals surface area (Å²) < 4.78 is 10.5. The fraction of sp³-hybridized carbons (Fsp3) is 0.0769. The number of barbiturate groups is 1. The number of nitrogens with one attached hydrogen (secondary N) is 1. The lowest BCUT2D eigenvalue weighted by atomic mass is 10.1. The first-order valence-corrected chi connectivity index (χ1v) is 11.8. The van der Waals surface area contributed by atoms with Crippen LogP contribution >= 0.6 is 23.2 Å². The number of imide groups is 2. The Kier molecular flexibility index (Phi) is 7.93. The van der Waals surface area contributed by atoms with E-state index in [-0.39, 0.29) is 44.9 Å². The molecule has 0 spiro atoms. The number of nitro benzene ring substituents is 1. The summed E-state index contributed by atoms with van der Waals surface area (Å²) in [6.45, 7) is -0.0488. The van der Waals surface area contributed by atoms with Crippen molar-refractivity contribution in [3.63, 3.8) is 0 Å². The van der Waals surface area contributed by atoms with Gasteiger partial charge in [0, 0.05) is 22.7 Å². The Hall–Kier alpha value is -4.74. The molecule has 39 heavy (non-hydrogen) atoms. The standard InChI is InChI=1S/C26H17Cl2N3O8/c1-38-25(34)15-4-8-18(9-5-15)30-24(33)20(23(32)29-26(30)35)11-16-10-17(27)12-21(28)22(16)39-13-14-2-6-19(7-3-14)31(36)37/h2-12H,13H2,1H3,(H,29,32,35)/b20-11+. The van der Waals surface area contributed by atoms with Gasteiger partial charge in [0.15, 0.2) is 0 Å². The fourth-order valence-electron chi connectivity index (χ4n) is 3.62. The molecule has 0 unspecified atom stereocenters. The zero-order valence-corrected chi connectivity index (χ0v) is 21.5. The minimum Gasteiger partial charge on any atom is -0.487 e. The molecule has 4 amide bonds. The number of rotatable bonds is 7. The van der Waals surface area contributed by atoms with Gasteiger partial charge in [0.05, 0.1) is 28.3 Å². The van der Waals surface area contributed by atoms with Gasteiger partial charge in [-0.2, -0.15) is 0 Å². The number of benzene rings is 3. The number of carbonyl (C=O) groups is 4. The lowest BCUT2D eigenvalue weighted by Gasteiger charge is -2.26. The minimum atomic E-state index is -0.980. The van der Waals surface area contributed by atoms with E-state index in [1.54, 1.807) is 0 Å². The summed E-state index contributed by atoms with van der Waals surface area (Å²) in [6.07, 6.45) is 1.18. The molecule has 3 aromatic carbocycles. The van der Waals surface area contributed by atoms with E-state index in [2.05, 4.69) is 10.1 Å². The summed E-state index contributed by atoms with van der Waals surface area (Å²) in [6, 6.07) is 12.9. The number of hydrogen-bond acceptors (Lipinski definition) is 8. The molecule has 1 saturated heterocycles. The highest BCUT2D eigenvalue weighted by molar-refractivity contribution is 6.40. The van der Waals surface area contributed by atoms with E-state index >= 15 is 0 Å². The van der Waals surface area contributed by atoms with E-state index in [1.807, 2.05) is 0 Å². The number of hydrogen-bond donors (Lipinski definition) is 1. The third-order valence-corrected chi connectivity index (χ3v) is 6.01. The zero-order chi connectivity index (χ0) is 28.3. The molecule has 0 atom stereocenters. The van der Waals surface area contributed by atoms with Crippen LogP contribution in [0.1, 0.15) is 21.5 Å². The van der Waals surface area contributed by atoms with E-state index < -0.39 is 34.3 Å². The van der Waals surface area contributed by atoms with Crippen LogP contribution in [-0.4, -0.2) is 35.8 Å². The van der Waals surface area contributed by atoms with Crippen LogP contribution in [0.3, 0.4) is 0 Å². The number of ether oxygens (including phenoxy) is 2. The maximum Gasteiger partial charge on any atom is 0.337 e. The average Bonchev–Trinajstić information content (AvgIpc) is 2.90. The topological polar surface area (TPSA) is 145 Å². The van der Waals surface area contributed by atoms with Crippen molar-refractivity contribution >= 4 is 64.5 Å². The van der Waals surface area contributed by atoms with Gasteiger partial charge in [0.2, 0.25) is 0 Å². The van der Waals surface area contributed by atoms with Crippen molar-refractivity contribution in [1.82, 2.24) is 5.32 Å². The summed E-state index contributed by atoms with van der Waals surface area (Å²) in [4.78, 5) is 61.3. The number of urea groups is 1. The molecule has 198 valence electrons. The molecule has 1 aliphatic rings. The van der Waals surface area contributed by atoms with E-state index in [0.29, 0.717) is 5.56 Å². The van der Waals surface area contributed by atoms with Crippen LogP contribution < -0.4 is 15.0 Å². The molecule has 1 fully saturated rings. The monoisotopic (exact) mass is 569 g/mol. The molecule has 0 radical (unpaired) electrons. The van der Waals surface area contributed by atoms with Gasteiger partial charge in [-0.05, 0) is 60.2 Å². The predicted molar refractivity (Wildman–Crippen MR) is 141 cm³/mol. The Balaban J connectivity index is 1.66. The number of nitrogens with zero attached hydrogens (tertiary/aromatic N) is 2. The number of methoxy groups -OCH3 is 1. The first kappa shape index (κ1) is 27.3. The molecule has 1 N–H and O–H groups in total. The minimum absolute atomic E-state index is 0.0488. The zero-order valence-electron chi connectivity index (χ0n) is 20.0. The number of halogens is 2. The smallest absolute Gasteiger partial charge is 0.337 e. The summed E-state index contributed by atoms with van der Waals surface area (Å²) in [5, 5.41) is 13.2. The normalized spacial score (nSPS) is 14.3. The van der Waals surface area contributed by atoms with Crippen molar-refractivity contribution in [2.75, 3.05) is 12.0 Å². The summed E-state index contributed by atoms with van der Waals surface area (Å²) in [5.41, 5.74) is 0.551. The largest absolute Gasteiger partial charge is 0.487 e. The molecule has 0 bridgehead atoms. The number of non-ortho nitro benzene ring substituents is 1. The average molecular weight is 570 g/mol. The Morgan fingerprint density at radius 3 is 2.33 bits per heavy atom. The maximum absolute atomic E-state index is 13.3. The number of amides is 4. The first-order valence-electron chi connectivity index (χ1n) is 11.0. The van der Waals surface area contributed by atoms with Crippen LogP contribution in [0, 0.1) is 10.1 Å². The van der Waals surface area contributed by atoms with Gasteiger partial charge in [-0.25, -0.2) is 14.5 Å². The Bertz CT molecular complexity index is 1540. The molecular formula is C26H17Cl2N3O8. The van der Waals surface area contributed by atoms with Crippen LogP contribution in [0.5, 0.6) is 5.75 Å².